The molecule has 0 bridgehead atoms. The smallest absolute Gasteiger partial charge is 0.317 e. The summed E-state index contributed by atoms with van der Waals surface area (Å²) >= 11 is 5.23. The number of hydrogen-bond donors (Lipinski definition) is 2. The van der Waals surface area contributed by atoms with Gasteiger partial charge in [0.2, 0.25) is 0 Å². The van der Waals surface area contributed by atoms with Gasteiger partial charge in [-0.3, -0.25) is 4.79 Å². The summed E-state index contributed by atoms with van der Waals surface area (Å²) in [6.07, 6.45) is 0. The van der Waals surface area contributed by atoms with Crippen molar-refractivity contribution in [2.45, 2.75) is 19.9 Å². The molecule has 1 fully saturated rings. The first-order chi connectivity index (χ1) is 11.3. The summed E-state index contributed by atoms with van der Waals surface area (Å²) in [6.45, 7) is 8.37. The Balaban J connectivity index is 2.26. The average Bonchev–Trinajstić information content (AvgIpc) is 2.52. The molecule has 0 saturated carbocycles. The zero-order valence-electron chi connectivity index (χ0n) is 14.6. The summed E-state index contributed by atoms with van der Waals surface area (Å²) in [5.41, 5.74) is 2.62. The Labute approximate surface area is 149 Å². The second kappa shape index (κ2) is 7.66. The molecule has 0 amide bonds. The third-order valence-electron chi connectivity index (χ3n) is 3.85. The van der Waals surface area contributed by atoms with E-state index in [-0.39, 0.29) is 17.9 Å². The fraction of sp³-hybridized carbons (Fsp3) is 0.444. The molecule has 5 nitrogen and oxygen atoms in total. The summed E-state index contributed by atoms with van der Waals surface area (Å²) in [5, 5.41) is 6.59. The number of rotatable bonds is 5. The summed E-state index contributed by atoms with van der Waals surface area (Å²) in [5.74, 6) is -0.538. The van der Waals surface area contributed by atoms with E-state index >= 15 is 0 Å². The van der Waals surface area contributed by atoms with Gasteiger partial charge in [0.1, 0.15) is 5.92 Å². The molecule has 0 aliphatic carbocycles. The van der Waals surface area contributed by atoms with Crippen molar-refractivity contribution >= 4 is 29.0 Å². The van der Waals surface area contributed by atoms with Crippen molar-refractivity contribution < 1.29 is 9.53 Å². The Morgan fingerprint density at radius 1 is 1.33 bits per heavy atom. The lowest BCUT2D eigenvalue weighted by atomic mass is 9.89. The number of esters is 1. The molecule has 1 aromatic carbocycles. The molecule has 6 heteroatoms. The molecular weight excluding hydrogens is 322 g/mol. The van der Waals surface area contributed by atoms with Crippen LogP contribution in [0.2, 0.25) is 0 Å². The van der Waals surface area contributed by atoms with Gasteiger partial charge in [0.15, 0.2) is 5.11 Å². The summed E-state index contributed by atoms with van der Waals surface area (Å²) in [6, 6.07) is 7.73. The largest absolute Gasteiger partial charge is 0.465 e. The highest BCUT2D eigenvalue weighted by molar-refractivity contribution is 7.80. The van der Waals surface area contributed by atoms with Crippen LogP contribution in [0.25, 0.3) is 0 Å². The van der Waals surface area contributed by atoms with Gasteiger partial charge >= 0.3 is 5.97 Å². The Bertz CT molecular complexity index is 626. The van der Waals surface area contributed by atoms with Crippen LogP contribution in [0.3, 0.4) is 0 Å². The van der Waals surface area contributed by atoms with Gasteiger partial charge in [-0.1, -0.05) is 32.6 Å². The molecule has 1 aromatic rings. The molecule has 2 unspecified atom stereocenters. The molecule has 130 valence electrons. The van der Waals surface area contributed by atoms with Crippen molar-refractivity contribution in [3.8, 4) is 0 Å². The first kappa shape index (κ1) is 18.3. The molecule has 0 aromatic heterocycles. The van der Waals surface area contributed by atoms with Crippen LogP contribution in [0.15, 0.2) is 36.5 Å². The maximum absolute atomic E-state index is 12.6. The SMILES string of the molecule is C=C1NC(=S)NC(c2ccc(N(C)C)cc2)C1C(=O)OCC(C)C. The second-order valence-electron chi connectivity index (χ2n) is 6.59. The fourth-order valence-electron chi connectivity index (χ4n) is 2.56. The minimum Gasteiger partial charge on any atom is -0.465 e. The standard InChI is InChI=1S/C18H25N3O2S/c1-11(2)10-23-17(22)15-12(3)19-18(24)20-16(15)13-6-8-14(9-7-13)21(4)5/h6-9,11,15-16H,3,10H2,1-2,4-5H3,(H2,19,20,24). The summed E-state index contributed by atoms with van der Waals surface area (Å²) in [4.78, 5) is 14.6. The van der Waals surface area contributed by atoms with E-state index in [1.165, 1.54) is 0 Å². The quantitative estimate of drug-likeness (QED) is 0.631. The van der Waals surface area contributed by atoms with Crippen molar-refractivity contribution in [1.82, 2.24) is 10.6 Å². The second-order valence-corrected chi connectivity index (χ2v) is 7.00. The first-order valence-electron chi connectivity index (χ1n) is 7.99. The Hall–Kier alpha value is -2.08. The Morgan fingerprint density at radius 2 is 1.96 bits per heavy atom. The monoisotopic (exact) mass is 347 g/mol. The van der Waals surface area contributed by atoms with Gasteiger partial charge in [0.25, 0.3) is 0 Å². The molecule has 0 spiro atoms. The van der Waals surface area contributed by atoms with Crippen LogP contribution >= 0.6 is 12.2 Å². The maximum atomic E-state index is 12.6. The van der Waals surface area contributed by atoms with E-state index in [1.54, 1.807) is 0 Å². The van der Waals surface area contributed by atoms with Crippen LogP contribution in [0, 0.1) is 11.8 Å². The minimum absolute atomic E-state index is 0.283. The first-order valence-corrected chi connectivity index (χ1v) is 8.40. The Kier molecular flexibility index (Phi) is 5.83. The van der Waals surface area contributed by atoms with Crippen LogP contribution in [0.1, 0.15) is 25.5 Å². The van der Waals surface area contributed by atoms with E-state index in [4.69, 9.17) is 17.0 Å². The highest BCUT2D eigenvalue weighted by Gasteiger charge is 2.37. The molecule has 24 heavy (non-hydrogen) atoms. The summed E-state index contributed by atoms with van der Waals surface area (Å²) in [7, 11) is 3.97. The lowest BCUT2D eigenvalue weighted by Crippen LogP contribution is -2.51. The van der Waals surface area contributed by atoms with Gasteiger partial charge in [0.05, 0.1) is 12.6 Å². The normalized spacial score (nSPS) is 20.4. The molecule has 1 heterocycles. The number of carbonyl (C=O) groups is 1. The van der Waals surface area contributed by atoms with Crippen molar-refractivity contribution in [2.75, 3.05) is 25.6 Å². The van der Waals surface area contributed by atoms with Crippen LogP contribution in [0.5, 0.6) is 0 Å². The number of thiocarbonyl (C=S) groups is 1. The predicted octanol–water partition coefficient (Wildman–Crippen LogP) is 2.60. The number of anilines is 1. The zero-order chi connectivity index (χ0) is 17.9. The molecule has 2 rings (SSSR count). The number of nitrogens with zero attached hydrogens (tertiary/aromatic N) is 1. The van der Waals surface area contributed by atoms with Gasteiger partial charge < -0.3 is 20.3 Å². The molecule has 1 saturated heterocycles. The van der Waals surface area contributed by atoms with Crippen molar-refractivity contribution in [3.05, 3.63) is 42.1 Å². The van der Waals surface area contributed by atoms with Crippen molar-refractivity contribution in [2.24, 2.45) is 11.8 Å². The number of nitrogens with one attached hydrogen (secondary N) is 2. The third kappa shape index (κ3) is 4.26. The zero-order valence-corrected chi connectivity index (χ0v) is 15.4. The van der Waals surface area contributed by atoms with Gasteiger partial charge in [0, 0.05) is 25.5 Å². The predicted molar refractivity (Wildman–Crippen MR) is 101 cm³/mol. The van der Waals surface area contributed by atoms with E-state index in [0.29, 0.717) is 17.4 Å². The fourth-order valence-corrected chi connectivity index (χ4v) is 2.82. The molecule has 2 N–H and O–H groups in total. The van der Waals surface area contributed by atoms with E-state index in [2.05, 4.69) is 17.2 Å². The summed E-state index contributed by atoms with van der Waals surface area (Å²) < 4.78 is 5.43. The van der Waals surface area contributed by atoms with E-state index < -0.39 is 5.92 Å². The lowest BCUT2D eigenvalue weighted by Gasteiger charge is -2.35. The highest BCUT2D eigenvalue weighted by atomic mass is 32.1. The number of hydrogen-bond acceptors (Lipinski definition) is 4. The molecule has 1 aliphatic heterocycles. The van der Waals surface area contributed by atoms with Gasteiger partial charge in [-0.2, -0.15) is 0 Å². The number of ether oxygens (including phenoxy) is 1. The molecule has 0 radical (unpaired) electrons. The average molecular weight is 347 g/mol. The van der Waals surface area contributed by atoms with E-state index in [9.17, 15) is 4.79 Å². The van der Waals surface area contributed by atoms with Crippen LogP contribution < -0.4 is 15.5 Å². The lowest BCUT2D eigenvalue weighted by molar-refractivity contribution is -0.149. The molecule has 2 atom stereocenters. The number of carbonyl (C=O) groups excluding carboxylic acids is 1. The highest BCUT2D eigenvalue weighted by Crippen LogP contribution is 2.31. The topological polar surface area (TPSA) is 53.6 Å². The van der Waals surface area contributed by atoms with Crippen LogP contribution in [0.4, 0.5) is 5.69 Å². The van der Waals surface area contributed by atoms with Crippen LogP contribution in [-0.2, 0) is 9.53 Å². The van der Waals surface area contributed by atoms with Gasteiger partial charge in [-0.15, -0.1) is 0 Å². The van der Waals surface area contributed by atoms with Crippen molar-refractivity contribution in [3.63, 3.8) is 0 Å². The van der Waals surface area contributed by atoms with E-state index in [1.807, 2.05) is 57.1 Å². The Morgan fingerprint density at radius 3 is 2.50 bits per heavy atom. The minimum atomic E-state index is -0.527. The third-order valence-corrected chi connectivity index (χ3v) is 4.07. The number of benzene rings is 1. The van der Waals surface area contributed by atoms with Crippen molar-refractivity contribution in [1.29, 1.82) is 0 Å². The van der Waals surface area contributed by atoms with E-state index in [0.717, 1.165) is 11.3 Å². The van der Waals surface area contributed by atoms with Gasteiger partial charge in [-0.05, 0) is 35.8 Å². The van der Waals surface area contributed by atoms with Crippen LogP contribution in [-0.4, -0.2) is 31.8 Å². The maximum Gasteiger partial charge on any atom is 0.317 e. The van der Waals surface area contributed by atoms with Gasteiger partial charge in [-0.25, -0.2) is 0 Å². The molecular formula is C18H25N3O2S. The molecule has 1 aliphatic rings.